The number of rotatable bonds is 2. The molecule has 3 rings (SSSR count). The molecule has 2 aromatic rings. The first-order valence-corrected chi connectivity index (χ1v) is 6.94. The zero-order valence-corrected chi connectivity index (χ0v) is 12.5. The molecule has 0 saturated carbocycles. The Morgan fingerprint density at radius 1 is 1.38 bits per heavy atom. The molecule has 2 aromatic heterocycles. The predicted octanol–water partition coefficient (Wildman–Crippen LogP) is 0.676. The van der Waals surface area contributed by atoms with Crippen LogP contribution in [0.5, 0.6) is 0 Å². The van der Waals surface area contributed by atoms with E-state index in [1.165, 1.54) is 0 Å². The number of ether oxygens (including phenoxy) is 1. The first kappa shape index (κ1) is 13.8. The largest absolute Gasteiger partial charge is 0.367 e. The van der Waals surface area contributed by atoms with Gasteiger partial charge in [-0.3, -0.25) is 9.48 Å². The van der Waals surface area contributed by atoms with Gasteiger partial charge in [0.15, 0.2) is 0 Å². The van der Waals surface area contributed by atoms with Crippen LogP contribution in [0, 0.1) is 6.92 Å². The molecule has 0 bridgehead atoms. The summed E-state index contributed by atoms with van der Waals surface area (Å²) in [5.41, 5.74) is 1.56. The minimum atomic E-state index is -0.182. The maximum atomic E-state index is 12.5. The number of hydrogen-bond donors (Lipinski definition) is 0. The van der Waals surface area contributed by atoms with Gasteiger partial charge >= 0.3 is 0 Å². The summed E-state index contributed by atoms with van der Waals surface area (Å²) in [5, 5.41) is 4.05. The van der Waals surface area contributed by atoms with E-state index in [-0.39, 0.29) is 12.0 Å². The Morgan fingerprint density at radius 3 is 2.81 bits per heavy atom. The fourth-order valence-corrected chi connectivity index (χ4v) is 2.64. The van der Waals surface area contributed by atoms with Gasteiger partial charge in [0, 0.05) is 33.0 Å². The molecule has 0 spiro atoms. The van der Waals surface area contributed by atoms with E-state index in [1.54, 1.807) is 29.0 Å². The van der Waals surface area contributed by atoms with Crippen LogP contribution in [0.2, 0.25) is 0 Å². The highest BCUT2D eigenvalue weighted by molar-refractivity contribution is 5.93. The molecule has 1 atom stereocenters. The average molecular weight is 289 g/mol. The second-order valence-corrected chi connectivity index (χ2v) is 5.36. The van der Waals surface area contributed by atoms with E-state index in [9.17, 15) is 4.79 Å². The van der Waals surface area contributed by atoms with Crippen LogP contribution in [0.4, 0.5) is 0 Å². The number of amides is 1. The zero-order valence-electron chi connectivity index (χ0n) is 12.5. The van der Waals surface area contributed by atoms with Crippen molar-refractivity contribution in [1.82, 2.24) is 24.2 Å². The lowest BCUT2D eigenvalue weighted by Gasteiger charge is -2.32. The van der Waals surface area contributed by atoms with Crippen LogP contribution in [-0.2, 0) is 18.8 Å². The molecule has 3 heterocycles. The molecule has 7 heteroatoms. The number of carbonyl (C=O) groups excluding carboxylic acids is 1. The first-order valence-electron chi connectivity index (χ1n) is 6.94. The van der Waals surface area contributed by atoms with Crippen molar-refractivity contribution in [3.8, 4) is 0 Å². The van der Waals surface area contributed by atoms with Crippen LogP contribution in [-0.4, -0.2) is 49.8 Å². The number of aromatic nitrogens is 4. The van der Waals surface area contributed by atoms with Gasteiger partial charge in [-0.1, -0.05) is 0 Å². The van der Waals surface area contributed by atoms with Crippen LogP contribution in [0.15, 0.2) is 18.6 Å². The van der Waals surface area contributed by atoms with Gasteiger partial charge in [0.2, 0.25) is 0 Å². The third-order valence-corrected chi connectivity index (χ3v) is 3.63. The minimum Gasteiger partial charge on any atom is -0.367 e. The second kappa shape index (κ2) is 5.33. The van der Waals surface area contributed by atoms with Crippen molar-refractivity contribution >= 4 is 5.91 Å². The van der Waals surface area contributed by atoms with Crippen molar-refractivity contribution < 1.29 is 9.53 Å². The van der Waals surface area contributed by atoms with Crippen molar-refractivity contribution in [1.29, 1.82) is 0 Å². The summed E-state index contributed by atoms with van der Waals surface area (Å²) in [6.07, 6.45) is 5.11. The average Bonchev–Trinajstić information content (AvgIpc) is 3.04. The summed E-state index contributed by atoms with van der Waals surface area (Å²) in [6, 6.07) is 0. The van der Waals surface area contributed by atoms with Crippen molar-refractivity contribution in [2.45, 2.75) is 13.0 Å². The fourth-order valence-electron chi connectivity index (χ4n) is 2.64. The van der Waals surface area contributed by atoms with E-state index < -0.39 is 0 Å². The highest BCUT2D eigenvalue weighted by Gasteiger charge is 2.29. The number of nitrogens with zero attached hydrogens (tertiary/aromatic N) is 5. The second-order valence-electron chi connectivity index (χ2n) is 5.36. The van der Waals surface area contributed by atoms with Crippen LogP contribution in [0.3, 0.4) is 0 Å². The van der Waals surface area contributed by atoms with Crippen molar-refractivity contribution in [3.05, 3.63) is 35.7 Å². The molecule has 1 amide bonds. The number of aryl methyl sites for hydroxylation is 3. The number of carbonyl (C=O) groups is 1. The summed E-state index contributed by atoms with van der Waals surface area (Å²) in [6.45, 7) is 3.57. The van der Waals surface area contributed by atoms with E-state index in [0.29, 0.717) is 25.3 Å². The Labute approximate surface area is 123 Å². The van der Waals surface area contributed by atoms with Crippen molar-refractivity contribution in [2.24, 2.45) is 14.1 Å². The Morgan fingerprint density at radius 2 is 2.19 bits per heavy atom. The van der Waals surface area contributed by atoms with Gasteiger partial charge in [0.1, 0.15) is 11.9 Å². The molecule has 112 valence electrons. The fraction of sp³-hybridized carbons (Fsp3) is 0.500. The summed E-state index contributed by atoms with van der Waals surface area (Å²) in [5.74, 6) is 0.846. The number of imidazole rings is 1. The third kappa shape index (κ3) is 2.69. The number of hydrogen-bond acceptors (Lipinski definition) is 4. The molecule has 1 saturated heterocycles. The van der Waals surface area contributed by atoms with Gasteiger partial charge in [-0.2, -0.15) is 5.10 Å². The number of morpholine rings is 1. The molecule has 7 nitrogen and oxygen atoms in total. The van der Waals surface area contributed by atoms with E-state index in [1.807, 2.05) is 24.7 Å². The highest BCUT2D eigenvalue weighted by Crippen LogP contribution is 2.22. The molecule has 0 aliphatic carbocycles. The molecule has 0 N–H and O–H groups in total. The van der Waals surface area contributed by atoms with Crippen LogP contribution in [0.1, 0.15) is 28.0 Å². The molecule has 0 unspecified atom stereocenters. The summed E-state index contributed by atoms with van der Waals surface area (Å²) >= 11 is 0. The molecule has 0 radical (unpaired) electrons. The topological polar surface area (TPSA) is 65.2 Å². The van der Waals surface area contributed by atoms with Gasteiger partial charge in [0.25, 0.3) is 5.91 Å². The Bertz CT molecular complexity index is 660. The quantitative estimate of drug-likeness (QED) is 0.815. The molecule has 1 fully saturated rings. The lowest BCUT2D eigenvalue weighted by molar-refractivity contribution is -0.0279. The first-order chi connectivity index (χ1) is 10.0. The van der Waals surface area contributed by atoms with Crippen LogP contribution < -0.4 is 0 Å². The summed E-state index contributed by atoms with van der Waals surface area (Å²) in [4.78, 5) is 18.8. The van der Waals surface area contributed by atoms with Gasteiger partial charge in [-0.25, -0.2) is 4.98 Å². The van der Waals surface area contributed by atoms with E-state index in [2.05, 4.69) is 10.1 Å². The predicted molar refractivity (Wildman–Crippen MR) is 75.7 cm³/mol. The molecular weight excluding hydrogens is 270 g/mol. The normalized spacial score (nSPS) is 19.0. The Hall–Kier alpha value is -2.15. The van der Waals surface area contributed by atoms with E-state index in [4.69, 9.17) is 4.74 Å². The van der Waals surface area contributed by atoms with E-state index >= 15 is 0 Å². The summed E-state index contributed by atoms with van der Waals surface area (Å²) in [7, 11) is 3.75. The molecule has 21 heavy (non-hydrogen) atoms. The minimum absolute atomic E-state index is 0.0117. The Kier molecular flexibility index (Phi) is 3.50. The van der Waals surface area contributed by atoms with Gasteiger partial charge in [-0.15, -0.1) is 0 Å². The maximum Gasteiger partial charge on any atom is 0.257 e. The molecular formula is C14H19N5O2. The van der Waals surface area contributed by atoms with Crippen molar-refractivity contribution in [2.75, 3.05) is 19.7 Å². The molecule has 0 aromatic carbocycles. The molecule has 1 aliphatic heterocycles. The van der Waals surface area contributed by atoms with Gasteiger partial charge < -0.3 is 14.2 Å². The summed E-state index contributed by atoms with van der Waals surface area (Å²) < 4.78 is 9.37. The maximum absolute atomic E-state index is 12.5. The zero-order chi connectivity index (χ0) is 15.0. The third-order valence-electron chi connectivity index (χ3n) is 3.63. The van der Waals surface area contributed by atoms with Crippen LogP contribution >= 0.6 is 0 Å². The molecule has 1 aliphatic rings. The SMILES string of the molecule is Cc1cn(C)c([C@H]2CN(C(=O)c3cnn(C)c3)CCO2)n1. The van der Waals surface area contributed by atoms with Gasteiger partial charge in [0.05, 0.1) is 30.6 Å². The monoisotopic (exact) mass is 289 g/mol. The standard InChI is InChI=1S/C14H19N5O2/c1-10-7-17(2)13(16-10)12-9-19(4-5-21-12)14(20)11-6-15-18(3)8-11/h6-8,12H,4-5,9H2,1-3H3/t12-/m1/s1. The Balaban J connectivity index is 1.77. The lowest BCUT2D eigenvalue weighted by atomic mass is 10.2. The van der Waals surface area contributed by atoms with E-state index in [0.717, 1.165) is 11.5 Å². The van der Waals surface area contributed by atoms with Crippen molar-refractivity contribution in [3.63, 3.8) is 0 Å². The lowest BCUT2D eigenvalue weighted by Crippen LogP contribution is -2.42. The smallest absolute Gasteiger partial charge is 0.257 e. The van der Waals surface area contributed by atoms with Gasteiger partial charge in [-0.05, 0) is 6.92 Å². The van der Waals surface area contributed by atoms with Crippen LogP contribution in [0.25, 0.3) is 0 Å². The highest BCUT2D eigenvalue weighted by atomic mass is 16.5.